The maximum Gasteiger partial charge on any atom is 0.408 e. The summed E-state index contributed by atoms with van der Waals surface area (Å²) in [6.07, 6.45) is 0.653. The minimum absolute atomic E-state index is 0.00894. The molecule has 0 heterocycles. The number of hydrogen-bond donors (Lipinski definition) is 3. The first-order valence-electron chi connectivity index (χ1n) is 11.5. The summed E-state index contributed by atoms with van der Waals surface area (Å²) in [6.45, 7) is 8.98. The minimum Gasteiger partial charge on any atom is -0.508 e. The standard InChI is InChI=1S/C24H37N3O7/c1-6-8-15-27(19(29)16-26-23(32)34-24(3,4)5)21(17-9-11-18(28)12-10-17)22(31)25-14-13-20(30)33-7-2/h9-12,21,28H,6-8,13-16H2,1-5H3,(H,25,31)(H,26,32). The van der Waals surface area contributed by atoms with Crippen LogP contribution in [0.4, 0.5) is 4.79 Å². The van der Waals surface area contributed by atoms with Gasteiger partial charge in [-0.25, -0.2) is 4.79 Å². The van der Waals surface area contributed by atoms with E-state index in [2.05, 4.69) is 10.6 Å². The molecule has 1 atom stereocenters. The zero-order chi connectivity index (χ0) is 25.7. The molecule has 1 aromatic rings. The van der Waals surface area contributed by atoms with Gasteiger partial charge in [0, 0.05) is 13.1 Å². The van der Waals surface area contributed by atoms with Gasteiger partial charge in [0.25, 0.3) is 0 Å². The van der Waals surface area contributed by atoms with E-state index in [1.807, 2.05) is 6.92 Å². The van der Waals surface area contributed by atoms with Gasteiger partial charge in [-0.2, -0.15) is 0 Å². The number of aromatic hydroxyl groups is 1. The van der Waals surface area contributed by atoms with Crippen LogP contribution in [0.1, 0.15) is 65.5 Å². The van der Waals surface area contributed by atoms with Crippen molar-refractivity contribution in [2.75, 3.05) is 26.2 Å². The highest BCUT2D eigenvalue weighted by Gasteiger charge is 2.31. The van der Waals surface area contributed by atoms with E-state index in [1.54, 1.807) is 39.8 Å². The molecular formula is C24H37N3O7. The molecule has 1 unspecified atom stereocenters. The number of nitrogens with one attached hydrogen (secondary N) is 2. The smallest absolute Gasteiger partial charge is 0.408 e. The van der Waals surface area contributed by atoms with Crippen molar-refractivity contribution in [3.8, 4) is 5.75 Å². The van der Waals surface area contributed by atoms with Gasteiger partial charge >= 0.3 is 12.1 Å². The van der Waals surface area contributed by atoms with Crippen LogP contribution in [0.2, 0.25) is 0 Å². The summed E-state index contributed by atoms with van der Waals surface area (Å²) in [5, 5.41) is 14.8. The maximum absolute atomic E-state index is 13.2. The first-order valence-corrected chi connectivity index (χ1v) is 11.5. The number of phenols is 1. The Morgan fingerprint density at radius 3 is 2.26 bits per heavy atom. The van der Waals surface area contributed by atoms with Crippen LogP contribution in [-0.2, 0) is 23.9 Å². The van der Waals surface area contributed by atoms with Gasteiger partial charge in [-0.1, -0.05) is 25.5 Å². The van der Waals surface area contributed by atoms with Crippen LogP contribution in [0, 0.1) is 0 Å². The number of carbonyl (C=O) groups is 4. The van der Waals surface area contributed by atoms with E-state index < -0.39 is 35.5 Å². The second kappa shape index (κ2) is 14.1. The van der Waals surface area contributed by atoms with Gasteiger partial charge in [0.2, 0.25) is 11.8 Å². The van der Waals surface area contributed by atoms with Crippen LogP contribution < -0.4 is 10.6 Å². The monoisotopic (exact) mass is 479 g/mol. The van der Waals surface area contributed by atoms with Crippen molar-refractivity contribution in [2.45, 2.75) is 65.5 Å². The molecule has 0 aliphatic rings. The SMILES string of the molecule is CCCCN(C(=O)CNC(=O)OC(C)(C)C)C(C(=O)NCCC(=O)OCC)c1ccc(O)cc1. The third kappa shape index (κ3) is 10.5. The van der Waals surface area contributed by atoms with Crippen LogP contribution in [0.3, 0.4) is 0 Å². The fourth-order valence-corrected chi connectivity index (χ4v) is 3.04. The van der Waals surface area contributed by atoms with Crippen molar-refractivity contribution in [3.05, 3.63) is 29.8 Å². The van der Waals surface area contributed by atoms with Gasteiger partial charge in [0.05, 0.1) is 13.0 Å². The lowest BCUT2D eigenvalue weighted by Crippen LogP contribution is -2.48. The molecule has 1 rings (SSSR count). The minimum atomic E-state index is -1.03. The van der Waals surface area contributed by atoms with Crippen molar-refractivity contribution >= 4 is 23.9 Å². The Morgan fingerprint density at radius 1 is 1.06 bits per heavy atom. The molecule has 0 aliphatic carbocycles. The summed E-state index contributed by atoms with van der Waals surface area (Å²) in [5.41, 5.74) is -0.240. The first kappa shape index (κ1) is 28.7. The molecule has 0 radical (unpaired) electrons. The molecule has 0 bridgehead atoms. The number of unbranched alkanes of at least 4 members (excludes halogenated alkanes) is 1. The molecule has 1 aromatic carbocycles. The Kier molecular flexibility index (Phi) is 11.9. The first-order chi connectivity index (χ1) is 16.0. The number of hydrogen-bond acceptors (Lipinski definition) is 7. The third-order valence-corrected chi connectivity index (χ3v) is 4.56. The molecule has 0 aliphatic heterocycles. The fraction of sp³-hybridized carbons (Fsp3) is 0.583. The van der Waals surface area contributed by atoms with E-state index in [1.165, 1.54) is 17.0 Å². The summed E-state index contributed by atoms with van der Waals surface area (Å²) in [5.74, 6) is -1.39. The summed E-state index contributed by atoms with van der Waals surface area (Å²) in [4.78, 5) is 51.3. The van der Waals surface area contributed by atoms with E-state index in [9.17, 15) is 24.3 Å². The second-order valence-corrected chi connectivity index (χ2v) is 8.64. The van der Waals surface area contributed by atoms with Crippen molar-refractivity contribution < 1.29 is 33.8 Å². The molecule has 0 aromatic heterocycles. The zero-order valence-corrected chi connectivity index (χ0v) is 20.7. The van der Waals surface area contributed by atoms with Crippen LogP contribution in [0.15, 0.2) is 24.3 Å². The molecule has 0 fully saturated rings. The largest absolute Gasteiger partial charge is 0.508 e. The highest BCUT2D eigenvalue weighted by atomic mass is 16.6. The summed E-state index contributed by atoms with van der Waals surface area (Å²) >= 11 is 0. The average molecular weight is 480 g/mol. The topological polar surface area (TPSA) is 134 Å². The Labute approximate surface area is 201 Å². The Balaban J connectivity index is 3.08. The Bertz CT molecular complexity index is 819. The van der Waals surface area contributed by atoms with E-state index in [4.69, 9.17) is 9.47 Å². The lowest BCUT2D eigenvalue weighted by Gasteiger charge is -2.31. The van der Waals surface area contributed by atoms with Gasteiger partial charge in [0.1, 0.15) is 23.9 Å². The molecule has 10 heteroatoms. The predicted octanol–water partition coefficient (Wildman–Crippen LogP) is 2.66. The quantitative estimate of drug-likeness (QED) is 0.392. The van der Waals surface area contributed by atoms with Crippen LogP contribution in [-0.4, -0.2) is 65.7 Å². The second-order valence-electron chi connectivity index (χ2n) is 8.64. The lowest BCUT2D eigenvalue weighted by molar-refractivity contribution is -0.143. The van der Waals surface area contributed by atoms with Crippen molar-refractivity contribution in [2.24, 2.45) is 0 Å². The van der Waals surface area contributed by atoms with E-state index in [-0.39, 0.29) is 38.4 Å². The number of esters is 1. The number of phenolic OH excluding ortho intramolecular Hbond substituents is 1. The van der Waals surface area contributed by atoms with Crippen molar-refractivity contribution in [3.63, 3.8) is 0 Å². The average Bonchev–Trinajstić information content (AvgIpc) is 2.74. The number of carbonyl (C=O) groups excluding carboxylic acids is 4. The molecule has 0 saturated carbocycles. The van der Waals surface area contributed by atoms with Gasteiger partial charge in [-0.15, -0.1) is 0 Å². The zero-order valence-electron chi connectivity index (χ0n) is 20.7. The highest BCUT2D eigenvalue weighted by molar-refractivity contribution is 5.90. The molecule has 0 saturated heterocycles. The van der Waals surface area contributed by atoms with Crippen molar-refractivity contribution in [1.29, 1.82) is 0 Å². The normalized spacial score (nSPS) is 11.8. The van der Waals surface area contributed by atoms with Crippen LogP contribution in [0.25, 0.3) is 0 Å². The maximum atomic E-state index is 13.2. The summed E-state index contributed by atoms with van der Waals surface area (Å²) < 4.78 is 10.1. The number of nitrogens with zero attached hydrogens (tertiary/aromatic N) is 1. The Hall–Kier alpha value is -3.30. The molecule has 3 N–H and O–H groups in total. The van der Waals surface area contributed by atoms with Gasteiger partial charge < -0.3 is 30.1 Å². The van der Waals surface area contributed by atoms with Gasteiger partial charge in [0.15, 0.2) is 0 Å². The Morgan fingerprint density at radius 2 is 1.71 bits per heavy atom. The van der Waals surface area contributed by atoms with E-state index in [0.717, 1.165) is 6.42 Å². The molecule has 34 heavy (non-hydrogen) atoms. The third-order valence-electron chi connectivity index (χ3n) is 4.56. The van der Waals surface area contributed by atoms with Crippen LogP contribution in [0.5, 0.6) is 5.75 Å². The van der Waals surface area contributed by atoms with Crippen LogP contribution >= 0.6 is 0 Å². The number of rotatable bonds is 12. The molecule has 3 amide bonds. The molecule has 190 valence electrons. The molecule has 10 nitrogen and oxygen atoms in total. The number of alkyl carbamates (subject to hydrolysis) is 1. The molecule has 0 spiro atoms. The van der Waals surface area contributed by atoms with Gasteiger partial charge in [-0.05, 0) is 51.8 Å². The number of ether oxygens (including phenoxy) is 2. The van der Waals surface area contributed by atoms with Gasteiger partial charge in [-0.3, -0.25) is 14.4 Å². The summed E-state index contributed by atoms with van der Waals surface area (Å²) in [6, 6.07) is 4.93. The highest BCUT2D eigenvalue weighted by Crippen LogP contribution is 2.24. The van der Waals surface area contributed by atoms with E-state index >= 15 is 0 Å². The van der Waals surface area contributed by atoms with E-state index in [0.29, 0.717) is 12.0 Å². The number of benzene rings is 1. The predicted molar refractivity (Wildman–Crippen MR) is 126 cm³/mol. The molecular weight excluding hydrogens is 442 g/mol. The van der Waals surface area contributed by atoms with Crippen molar-refractivity contribution in [1.82, 2.24) is 15.5 Å². The summed E-state index contributed by atoms with van der Waals surface area (Å²) in [7, 11) is 0. The lowest BCUT2D eigenvalue weighted by atomic mass is 10.0. The number of amides is 3. The fourth-order valence-electron chi connectivity index (χ4n) is 3.04.